The van der Waals surface area contributed by atoms with Gasteiger partial charge in [0.1, 0.15) is 12.1 Å². The normalized spacial score (nSPS) is 13.0. The Morgan fingerprint density at radius 3 is 1.91 bits per heavy atom. The molecule has 0 aliphatic rings. The largest absolute Gasteiger partial charge is 0.481 e. The number of aliphatic carboxylic acids is 3. The molecule has 0 saturated heterocycles. The molecule has 12 nitrogen and oxygen atoms in total. The Hall–Kier alpha value is -2.46. The van der Waals surface area contributed by atoms with Gasteiger partial charge < -0.3 is 26.0 Å². The Morgan fingerprint density at radius 2 is 1.41 bits per heavy atom. The van der Waals surface area contributed by atoms with Gasteiger partial charge in [0, 0.05) is 16.5 Å². The van der Waals surface area contributed by atoms with E-state index in [-0.39, 0.29) is 30.7 Å². The molecule has 2 atom stereocenters. The number of unbranched alkanes of at least 4 members (excludes halogenated alkanes) is 1. The third-order valence-corrected chi connectivity index (χ3v) is 6.39. The summed E-state index contributed by atoms with van der Waals surface area (Å²) in [6.07, 6.45) is -0.323. The first kappa shape index (κ1) is 27.6. The van der Waals surface area contributed by atoms with Crippen molar-refractivity contribution in [1.29, 1.82) is 0 Å². The van der Waals surface area contributed by atoms with E-state index in [4.69, 9.17) is 10.2 Å². The highest BCUT2D eigenvalue weighted by Crippen LogP contribution is 2.12. The number of benzene rings is 1. The molecule has 0 bridgehead atoms. The number of carboxylic acids is 3. The maximum Gasteiger partial charge on any atom is 0.326 e. The van der Waals surface area contributed by atoms with Crippen molar-refractivity contribution in [1.82, 2.24) is 15.4 Å². The van der Waals surface area contributed by atoms with E-state index in [9.17, 15) is 32.7 Å². The zero-order valence-electron chi connectivity index (χ0n) is 16.8. The summed E-state index contributed by atoms with van der Waals surface area (Å²) in [5.41, 5.74) is 0. The number of hydrogen-bond donors (Lipinski definition) is 6. The zero-order valence-corrected chi connectivity index (χ0v) is 19.8. The van der Waals surface area contributed by atoms with E-state index < -0.39 is 52.5 Å². The fraction of sp³-hybridized carbons (Fsp3) is 0.444. The lowest BCUT2D eigenvalue weighted by atomic mass is 10.1. The third kappa shape index (κ3) is 10.2. The Morgan fingerprint density at radius 1 is 0.875 bits per heavy atom. The van der Waals surface area contributed by atoms with Crippen LogP contribution in [0.4, 0.5) is 4.79 Å². The molecule has 6 N–H and O–H groups in total. The average Bonchev–Trinajstić information content (AvgIpc) is 2.69. The summed E-state index contributed by atoms with van der Waals surface area (Å²) in [4.78, 5) is 45.1. The number of urea groups is 1. The number of sulfonamides is 1. The maximum atomic E-state index is 12.2. The standard InChI is InChI=1S/C18H24IN3O9S/c19-11-4-6-12(7-5-11)32(30,31)20-10-2-1-3-13(16(25)26)21-18(29)22-14(17(27)28)8-9-15(23)24/h4-7,13-14,20H,1-3,8-10H2,(H,23,24)(H,25,26)(H,27,28)(H2,21,22,29)/t13-,14+/m0/s1. The van der Waals surface area contributed by atoms with E-state index >= 15 is 0 Å². The second kappa shape index (κ2) is 13.2. The molecule has 0 aliphatic carbocycles. The predicted octanol–water partition coefficient (Wildman–Crippen LogP) is 0.810. The Labute approximate surface area is 198 Å². The van der Waals surface area contributed by atoms with Crippen LogP contribution in [0.5, 0.6) is 0 Å². The molecule has 14 heteroatoms. The van der Waals surface area contributed by atoms with Crippen LogP contribution >= 0.6 is 22.6 Å². The summed E-state index contributed by atoms with van der Waals surface area (Å²) in [7, 11) is -3.69. The third-order valence-electron chi connectivity index (χ3n) is 4.19. The molecule has 0 aromatic heterocycles. The van der Waals surface area contributed by atoms with E-state index in [2.05, 4.69) is 10.0 Å². The van der Waals surface area contributed by atoms with E-state index in [1.165, 1.54) is 12.1 Å². The van der Waals surface area contributed by atoms with Crippen molar-refractivity contribution >= 4 is 56.6 Å². The number of halogens is 1. The molecular formula is C18H24IN3O9S. The van der Waals surface area contributed by atoms with Crippen molar-refractivity contribution in [3.8, 4) is 0 Å². The summed E-state index contributed by atoms with van der Waals surface area (Å²) >= 11 is 2.05. The van der Waals surface area contributed by atoms with Gasteiger partial charge in [-0.1, -0.05) is 0 Å². The highest BCUT2D eigenvalue weighted by atomic mass is 127. The molecule has 2 amide bonds. The van der Waals surface area contributed by atoms with Gasteiger partial charge in [0.15, 0.2) is 0 Å². The SMILES string of the molecule is O=C(O)CC[C@@H](NC(=O)N[C@@H](CCCCNS(=O)(=O)c1ccc(I)cc1)C(=O)O)C(=O)O. The molecule has 0 saturated carbocycles. The first-order chi connectivity index (χ1) is 14.9. The summed E-state index contributed by atoms with van der Waals surface area (Å²) in [5.74, 6) is -4.04. The number of carbonyl (C=O) groups is 4. The molecule has 0 unspecified atom stereocenters. The van der Waals surface area contributed by atoms with E-state index in [0.29, 0.717) is 6.42 Å². The molecule has 178 valence electrons. The summed E-state index contributed by atoms with van der Waals surface area (Å²) in [6.45, 7) is 0.0587. The van der Waals surface area contributed by atoms with Crippen molar-refractivity contribution in [3.63, 3.8) is 0 Å². The highest BCUT2D eigenvalue weighted by molar-refractivity contribution is 14.1. The minimum Gasteiger partial charge on any atom is -0.481 e. The molecule has 0 radical (unpaired) electrons. The van der Waals surface area contributed by atoms with Crippen molar-refractivity contribution < 1.29 is 42.9 Å². The van der Waals surface area contributed by atoms with Crippen molar-refractivity contribution in [2.45, 2.75) is 49.1 Å². The van der Waals surface area contributed by atoms with Crippen LogP contribution in [0, 0.1) is 3.57 Å². The summed E-state index contributed by atoms with van der Waals surface area (Å²) in [6, 6.07) is 2.35. The van der Waals surface area contributed by atoms with Crippen LogP contribution in [-0.4, -0.2) is 66.3 Å². The lowest BCUT2D eigenvalue weighted by Crippen LogP contribution is -2.51. The molecule has 32 heavy (non-hydrogen) atoms. The second-order valence-corrected chi connectivity index (χ2v) is 9.69. The minimum atomic E-state index is -3.69. The number of hydrogen-bond acceptors (Lipinski definition) is 6. The molecule has 0 heterocycles. The Bertz CT molecular complexity index is 922. The van der Waals surface area contributed by atoms with Gasteiger partial charge in [-0.05, 0) is 72.5 Å². The van der Waals surface area contributed by atoms with E-state index in [1.807, 2.05) is 27.9 Å². The fourth-order valence-corrected chi connectivity index (χ4v) is 3.95. The fourth-order valence-electron chi connectivity index (χ4n) is 2.52. The van der Waals surface area contributed by atoms with Crippen LogP contribution in [-0.2, 0) is 24.4 Å². The summed E-state index contributed by atoms with van der Waals surface area (Å²) < 4.78 is 27.7. The van der Waals surface area contributed by atoms with Gasteiger partial charge >= 0.3 is 23.9 Å². The Kier molecular flexibility index (Phi) is 11.3. The molecule has 0 fully saturated rings. The van der Waals surface area contributed by atoms with Gasteiger partial charge in [-0.15, -0.1) is 0 Å². The van der Waals surface area contributed by atoms with Gasteiger partial charge in [-0.2, -0.15) is 0 Å². The number of nitrogens with one attached hydrogen (secondary N) is 3. The number of amides is 2. The molecule has 0 aliphatic heterocycles. The first-order valence-corrected chi connectivity index (χ1v) is 12.0. The summed E-state index contributed by atoms with van der Waals surface area (Å²) in [5, 5.41) is 31.1. The molecule has 1 rings (SSSR count). The Balaban J connectivity index is 2.48. The molecule has 1 aromatic carbocycles. The highest BCUT2D eigenvalue weighted by Gasteiger charge is 2.24. The quantitative estimate of drug-likeness (QED) is 0.135. The van der Waals surface area contributed by atoms with Gasteiger partial charge in [0.2, 0.25) is 10.0 Å². The van der Waals surface area contributed by atoms with Gasteiger partial charge in [-0.3, -0.25) is 4.79 Å². The van der Waals surface area contributed by atoms with Gasteiger partial charge in [0.05, 0.1) is 4.90 Å². The molecule has 1 aromatic rings. The smallest absolute Gasteiger partial charge is 0.326 e. The second-order valence-electron chi connectivity index (χ2n) is 6.68. The number of rotatable bonds is 14. The van der Waals surface area contributed by atoms with E-state index in [0.717, 1.165) is 3.57 Å². The molecule has 0 spiro atoms. The zero-order chi connectivity index (χ0) is 24.3. The first-order valence-electron chi connectivity index (χ1n) is 9.42. The average molecular weight is 585 g/mol. The van der Waals surface area contributed by atoms with Crippen molar-refractivity contribution in [3.05, 3.63) is 27.8 Å². The lowest BCUT2D eigenvalue weighted by Gasteiger charge is -2.18. The monoisotopic (exact) mass is 585 g/mol. The van der Waals surface area contributed by atoms with Gasteiger partial charge in [-0.25, -0.2) is 27.5 Å². The van der Waals surface area contributed by atoms with Crippen molar-refractivity contribution in [2.75, 3.05) is 6.54 Å². The number of carbonyl (C=O) groups excluding carboxylic acids is 1. The van der Waals surface area contributed by atoms with Crippen LogP contribution in [0.25, 0.3) is 0 Å². The molecular weight excluding hydrogens is 561 g/mol. The van der Waals surface area contributed by atoms with Crippen LogP contribution < -0.4 is 15.4 Å². The maximum absolute atomic E-state index is 12.2. The van der Waals surface area contributed by atoms with Crippen LogP contribution in [0.1, 0.15) is 32.1 Å². The van der Waals surface area contributed by atoms with Crippen LogP contribution in [0.2, 0.25) is 0 Å². The van der Waals surface area contributed by atoms with Crippen LogP contribution in [0.3, 0.4) is 0 Å². The predicted molar refractivity (Wildman–Crippen MR) is 120 cm³/mol. The number of carboxylic acid groups (broad SMARTS) is 3. The van der Waals surface area contributed by atoms with Crippen LogP contribution in [0.15, 0.2) is 29.2 Å². The topological polar surface area (TPSA) is 199 Å². The lowest BCUT2D eigenvalue weighted by molar-refractivity contribution is -0.140. The van der Waals surface area contributed by atoms with Crippen molar-refractivity contribution in [2.24, 2.45) is 0 Å². The van der Waals surface area contributed by atoms with Gasteiger partial charge in [0.25, 0.3) is 0 Å². The minimum absolute atomic E-state index is 0.0269. The van der Waals surface area contributed by atoms with E-state index in [1.54, 1.807) is 12.1 Å².